The molecule has 0 fully saturated rings. The van der Waals surface area contributed by atoms with Crippen LogP contribution in [0.1, 0.15) is 5.69 Å². The molecule has 0 aliphatic rings. The quantitative estimate of drug-likeness (QED) is 0.581. The zero-order valence-corrected chi connectivity index (χ0v) is 10.9. The van der Waals surface area contributed by atoms with Crippen LogP contribution < -0.4 is 0 Å². The minimum Gasteiger partial charge on any atom is -0.468 e. The lowest BCUT2D eigenvalue weighted by molar-refractivity contribution is -0.141. The lowest BCUT2D eigenvalue weighted by Gasteiger charge is -2.03. The van der Waals surface area contributed by atoms with E-state index in [4.69, 9.17) is 0 Å². The first-order valence-electron chi connectivity index (χ1n) is 5.09. The summed E-state index contributed by atoms with van der Waals surface area (Å²) in [7, 11) is 1.26. The Morgan fingerprint density at radius 3 is 3.05 bits per heavy atom. The van der Waals surface area contributed by atoms with Crippen molar-refractivity contribution in [1.82, 2.24) is 30.2 Å². The molecule has 0 radical (unpaired) electrons. The van der Waals surface area contributed by atoms with Gasteiger partial charge in [0.15, 0.2) is 5.82 Å². The Bertz CT molecular complexity index is 604. The Hall–Kier alpha value is -2.10. The number of tetrazole rings is 1. The monoisotopic (exact) mass is 284 g/mol. The van der Waals surface area contributed by atoms with Crippen molar-refractivity contribution in [3.63, 3.8) is 0 Å². The number of esters is 1. The summed E-state index contributed by atoms with van der Waals surface area (Å²) in [5.41, 5.74) is 0.226. The molecule has 0 unspecified atom stereocenters. The van der Waals surface area contributed by atoms with Gasteiger partial charge in [-0.1, -0.05) is 0 Å². The van der Waals surface area contributed by atoms with Gasteiger partial charge in [-0.3, -0.25) is 4.79 Å². The lowest BCUT2D eigenvalue weighted by Crippen LogP contribution is -2.13. The molecule has 100 valence electrons. The molecule has 2 heterocycles. The summed E-state index contributed by atoms with van der Waals surface area (Å²) in [6.45, 7) is 1.37. The maximum Gasteiger partial charge on any atom is 0.327 e. The number of nitrogens with zero attached hydrogens (tertiary/aromatic N) is 6. The molecule has 0 saturated carbocycles. The number of carbonyl (C=O) groups excluding carboxylic acids is 1. The topological polar surface area (TPSA) is 95.7 Å². The Labute approximate surface area is 111 Å². The van der Waals surface area contributed by atoms with Gasteiger partial charge in [0.1, 0.15) is 17.9 Å². The minimum absolute atomic E-state index is 0.0911. The van der Waals surface area contributed by atoms with Gasteiger partial charge in [-0.05, 0) is 29.1 Å². The van der Waals surface area contributed by atoms with Crippen LogP contribution in [0.4, 0.5) is 4.39 Å². The molecule has 0 spiro atoms. The first-order chi connectivity index (χ1) is 9.11. The SMILES string of the molecule is COC(=O)Cn1nnnc1Sc1ncnc(C)c1F. The van der Waals surface area contributed by atoms with E-state index >= 15 is 0 Å². The van der Waals surface area contributed by atoms with Gasteiger partial charge in [-0.25, -0.2) is 19.0 Å². The Kier molecular flexibility index (Phi) is 4.00. The first-order valence-corrected chi connectivity index (χ1v) is 5.91. The van der Waals surface area contributed by atoms with Crippen LogP contribution in [0, 0.1) is 12.7 Å². The van der Waals surface area contributed by atoms with E-state index in [0.29, 0.717) is 0 Å². The molecule has 0 aliphatic heterocycles. The summed E-state index contributed by atoms with van der Waals surface area (Å²) < 4.78 is 19.4. The smallest absolute Gasteiger partial charge is 0.327 e. The molecule has 0 N–H and O–H groups in total. The van der Waals surface area contributed by atoms with Crippen LogP contribution in [0.3, 0.4) is 0 Å². The van der Waals surface area contributed by atoms with Crippen LogP contribution in [0.2, 0.25) is 0 Å². The summed E-state index contributed by atoms with van der Waals surface area (Å²) in [6.07, 6.45) is 1.25. The van der Waals surface area contributed by atoms with E-state index in [1.165, 1.54) is 25.0 Å². The fraction of sp³-hybridized carbons (Fsp3) is 0.333. The van der Waals surface area contributed by atoms with Crippen molar-refractivity contribution >= 4 is 17.7 Å². The summed E-state index contributed by atoms with van der Waals surface area (Å²) >= 11 is 0.907. The molecule has 0 saturated heterocycles. The van der Waals surface area contributed by atoms with Gasteiger partial charge in [0.05, 0.1) is 12.8 Å². The first kappa shape index (κ1) is 13.3. The predicted molar refractivity (Wildman–Crippen MR) is 60.7 cm³/mol. The fourth-order valence-electron chi connectivity index (χ4n) is 1.15. The molecule has 8 nitrogen and oxygen atoms in total. The molecule has 0 bridgehead atoms. The highest BCUT2D eigenvalue weighted by atomic mass is 32.2. The third-order valence-electron chi connectivity index (χ3n) is 2.13. The molecule has 2 rings (SSSR count). The number of ether oxygens (including phenoxy) is 1. The zero-order chi connectivity index (χ0) is 13.8. The number of hydrogen-bond acceptors (Lipinski definition) is 8. The van der Waals surface area contributed by atoms with Crippen LogP contribution >= 0.6 is 11.8 Å². The Morgan fingerprint density at radius 2 is 2.32 bits per heavy atom. The number of hydrogen-bond donors (Lipinski definition) is 0. The van der Waals surface area contributed by atoms with Gasteiger partial charge < -0.3 is 4.74 Å². The Balaban J connectivity index is 2.22. The van der Waals surface area contributed by atoms with E-state index in [1.54, 1.807) is 0 Å². The molecule has 0 amide bonds. The van der Waals surface area contributed by atoms with Crippen LogP contribution in [0.5, 0.6) is 0 Å². The minimum atomic E-state index is -0.542. The highest BCUT2D eigenvalue weighted by molar-refractivity contribution is 7.99. The van der Waals surface area contributed by atoms with Gasteiger partial charge >= 0.3 is 5.97 Å². The lowest BCUT2D eigenvalue weighted by atomic mass is 10.4. The van der Waals surface area contributed by atoms with Crippen molar-refractivity contribution in [2.24, 2.45) is 0 Å². The van der Waals surface area contributed by atoms with Crippen molar-refractivity contribution in [3.05, 3.63) is 17.8 Å². The van der Waals surface area contributed by atoms with E-state index in [-0.39, 0.29) is 22.4 Å². The second kappa shape index (κ2) is 5.69. The largest absolute Gasteiger partial charge is 0.468 e. The van der Waals surface area contributed by atoms with E-state index in [2.05, 4.69) is 30.2 Å². The van der Waals surface area contributed by atoms with Crippen molar-refractivity contribution in [1.29, 1.82) is 0 Å². The third kappa shape index (κ3) is 3.02. The maximum absolute atomic E-state index is 13.7. The van der Waals surface area contributed by atoms with Gasteiger partial charge in [-0.2, -0.15) is 0 Å². The predicted octanol–water partition coefficient (Wildman–Crippen LogP) is 0.235. The van der Waals surface area contributed by atoms with E-state index < -0.39 is 11.8 Å². The van der Waals surface area contributed by atoms with Crippen molar-refractivity contribution in [2.45, 2.75) is 23.7 Å². The number of aromatic nitrogens is 6. The normalized spacial score (nSPS) is 10.5. The summed E-state index contributed by atoms with van der Waals surface area (Å²) in [5.74, 6) is -1.05. The summed E-state index contributed by atoms with van der Waals surface area (Å²) in [4.78, 5) is 18.7. The number of halogens is 1. The number of carbonyl (C=O) groups is 1. The van der Waals surface area contributed by atoms with Crippen LogP contribution in [-0.2, 0) is 16.1 Å². The van der Waals surface area contributed by atoms with Crippen molar-refractivity contribution in [2.75, 3.05) is 7.11 Å². The van der Waals surface area contributed by atoms with Gasteiger partial charge in [-0.15, -0.1) is 5.10 Å². The highest BCUT2D eigenvalue weighted by Gasteiger charge is 2.16. The number of rotatable bonds is 4. The average Bonchev–Trinajstić information content (AvgIpc) is 2.82. The highest BCUT2D eigenvalue weighted by Crippen LogP contribution is 2.26. The van der Waals surface area contributed by atoms with Gasteiger partial charge in [0.2, 0.25) is 5.16 Å². The molecule has 2 aromatic heterocycles. The zero-order valence-electron chi connectivity index (χ0n) is 10.1. The molecule has 0 aromatic carbocycles. The third-order valence-corrected chi connectivity index (χ3v) is 3.08. The number of methoxy groups -OCH3 is 1. The molecule has 19 heavy (non-hydrogen) atoms. The molecule has 2 aromatic rings. The Morgan fingerprint density at radius 1 is 1.53 bits per heavy atom. The summed E-state index contributed by atoms with van der Waals surface area (Å²) in [5, 5.41) is 11.1. The van der Waals surface area contributed by atoms with E-state index in [0.717, 1.165) is 11.8 Å². The second-order valence-corrected chi connectivity index (χ2v) is 4.33. The van der Waals surface area contributed by atoms with E-state index in [1.807, 2.05) is 0 Å². The van der Waals surface area contributed by atoms with Crippen molar-refractivity contribution in [3.8, 4) is 0 Å². The molecule has 10 heteroatoms. The molecular weight excluding hydrogens is 275 g/mol. The number of aryl methyl sites for hydroxylation is 1. The second-order valence-electron chi connectivity index (χ2n) is 3.38. The average molecular weight is 284 g/mol. The van der Waals surface area contributed by atoms with Crippen molar-refractivity contribution < 1.29 is 13.9 Å². The standard InChI is InChI=1S/C9H9FN6O2S/c1-5-7(10)8(12-4-11-5)19-9-13-14-15-16(9)3-6(17)18-2/h4H,3H2,1-2H3. The van der Waals surface area contributed by atoms with Gasteiger partial charge in [0, 0.05) is 0 Å². The molecular formula is C9H9FN6O2S. The van der Waals surface area contributed by atoms with Crippen LogP contribution in [0.25, 0.3) is 0 Å². The van der Waals surface area contributed by atoms with E-state index in [9.17, 15) is 9.18 Å². The maximum atomic E-state index is 13.7. The molecule has 0 aliphatic carbocycles. The van der Waals surface area contributed by atoms with Crippen LogP contribution in [-0.4, -0.2) is 43.3 Å². The van der Waals surface area contributed by atoms with Gasteiger partial charge in [0.25, 0.3) is 0 Å². The molecule has 0 atom stereocenters. The van der Waals surface area contributed by atoms with Crippen LogP contribution in [0.15, 0.2) is 16.5 Å². The summed E-state index contributed by atoms with van der Waals surface area (Å²) in [6, 6.07) is 0. The fourth-order valence-corrected chi connectivity index (χ4v) is 1.94.